The summed E-state index contributed by atoms with van der Waals surface area (Å²) in [5.74, 6) is 0.692. The minimum atomic E-state index is 0.337. The van der Waals surface area contributed by atoms with E-state index in [4.69, 9.17) is 5.26 Å². The highest BCUT2D eigenvalue weighted by atomic mass is 15.0. The molecular formula is C15H13N3. The van der Waals surface area contributed by atoms with Crippen LogP contribution in [0.2, 0.25) is 0 Å². The average Bonchev–Trinajstić information content (AvgIpc) is 2.81. The molecule has 18 heavy (non-hydrogen) atoms. The molecule has 0 aliphatic heterocycles. The number of aromatic nitrogens is 1. The van der Waals surface area contributed by atoms with Gasteiger partial charge in [-0.05, 0) is 36.1 Å². The maximum Gasteiger partial charge on any atom is 0.144 e. The maximum atomic E-state index is 9.04. The maximum absolute atomic E-state index is 9.04. The Morgan fingerprint density at radius 1 is 1.11 bits per heavy atom. The molecule has 3 heteroatoms. The predicted molar refractivity (Wildman–Crippen MR) is 70.2 cm³/mol. The molecule has 0 atom stereocenters. The molecule has 1 aliphatic rings. The first kappa shape index (κ1) is 10.8. The number of fused-ring (bicyclic) bond motifs is 1. The summed E-state index contributed by atoms with van der Waals surface area (Å²) >= 11 is 0. The van der Waals surface area contributed by atoms with E-state index < -0.39 is 0 Å². The molecule has 0 bridgehead atoms. The van der Waals surface area contributed by atoms with Gasteiger partial charge in [-0.15, -0.1) is 0 Å². The largest absolute Gasteiger partial charge is 0.366 e. The third-order valence-corrected chi connectivity index (χ3v) is 3.32. The Morgan fingerprint density at radius 2 is 1.83 bits per heavy atom. The number of pyridine rings is 1. The van der Waals surface area contributed by atoms with E-state index in [1.54, 1.807) is 18.3 Å². The summed E-state index contributed by atoms with van der Waals surface area (Å²) in [6.07, 6.45) is 3.71. The smallest absolute Gasteiger partial charge is 0.144 e. The van der Waals surface area contributed by atoms with Crippen LogP contribution in [0, 0.1) is 11.3 Å². The molecule has 3 rings (SSSR count). The van der Waals surface area contributed by atoms with Crippen molar-refractivity contribution in [3.8, 4) is 6.07 Å². The van der Waals surface area contributed by atoms with Crippen LogP contribution in [0.3, 0.4) is 0 Å². The summed E-state index contributed by atoms with van der Waals surface area (Å²) in [6.45, 7) is 0. The Morgan fingerprint density at radius 3 is 2.50 bits per heavy atom. The van der Waals surface area contributed by atoms with E-state index in [1.165, 1.54) is 11.1 Å². The molecule has 3 nitrogen and oxygen atoms in total. The van der Waals surface area contributed by atoms with Gasteiger partial charge in [0.15, 0.2) is 0 Å². The van der Waals surface area contributed by atoms with Gasteiger partial charge in [-0.1, -0.05) is 24.3 Å². The van der Waals surface area contributed by atoms with Gasteiger partial charge in [0, 0.05) is 12.2 Å². The summed E-state index contributed by atoms with van der Waals surface area (Å²) in [5.41, 5.74) is 3.39. The van der Waals surface area contributed by atoms with Gasteiger partial charge in [-0.25, -0.2) is 4.98 Å². The predicted octanol–water partition coefficient (Wildman–Crippen LogP) is 2.53. The molecule has 1 aliphatic carbocycles. The zero-order valence-electron chi connectivity index (χ0n) is 9.93. The summed E-state index contributed by atoms with van der Waals surface area (Å²) in [7, 11) is 0. The number of nitriles is 1. The summed E-state index contributed by atoms with van der Waals surface area (Å²) in [5, 5.41) is 12.4. The standard InChI is InChI=1S/C15H13N3/c16-10-13-6-3-7-17-15(13)18-14-8-11-4-1-2-5-12(11)9-14/h1-7,14H,8-9H2,(H,17,18). The Kier molecular flexibility index (Phi) is 2.70. The van der Waals surface area contributed by atoms with E-state index in [9.17, 15) is 0 Å². The second-order valence-electron chi connectivity index (χ2n) is 4.53. The summed E-state index contributed by atoms with van der Waals surface area (Å²) in [6, 6.07) is 14.6. The first-order valence-corrected chi connectivity index (χ1v) is 6.05. The second kappa shape index (κ2) is 4.50. The van der Waals surface area contributed by atoms with Crippen molar-refractivity contribution in [3.05, 3.63) is 59.3 Å². The fraction of sp³-hybridized carbons (Fsp3) is 0.200. The zero-order valence-corrected chi connectivity index (χ0v) is 9.93. The minimum Gasteiger partial charge on any atom is -0.366 e. The molecule has 88 valence electrons. The van der Waals surface area contributed by atoms with Crippen LogP contribution in [0.1, 0.15) is 16.7 Å². The zero-order chi connectivity index (χ0) is 12.4. The monoisotopic (exact) mass is 235 g/mol. The van der Waals surface area contributed by atoms with Gasteiger partial charge in [-0.2, -0.15) is 5.26 Å². The minimum absolute atomic E-state index is 0.337. The highest BCUT2D eigenvalue weighted by molar-refractivity contribution is 5.53. The molecule has 0 saturated carbocycles. The van der Waals surface area contributed by atoms with Gasteiger partial charge in [0.2, 0.25) is 0 Å². The Labute approximate surface area is 106 Å². The molecule has 1 N–H and O–H groups in total. The Balaban J connectivity index is 1.79. The van der Waals surface area contributed by atoms with Crippen LogP contribution >= 0.6 is 0 Å². The van der Waals surface area contributed by atoms with Gasteiger partial charge < -0.3 is 5.32 Å². The molecule has 1 heterocycles. The van der Waals surface area contributed by atoms with Crippen molar-refractivity contribution in [3.63, 3.8) is 0 Å². The fourth-order valence-electron chi connectivity index (χ4n) is 2.46. The highest BCUT2D eigenvalue weighted by Gasteiger charge is 2.21. The first-order chi connectivity index (χ1) is 8.86. The van der Waals surface area contributed by atoms with Gasteiger partial charge in [0.1, 0.15) is 11.9 Å². The quantitative estimate of drug-likeness (QED) is 0.870. The molecule has 0 fully saturated rings. The Hall–Kier alpha value is -2.34. The lowest BCUT2D eigenvalue weighted by Gasteiger charge is -2.13. The van der Waals surface area contributed by atoms with Crippen LogP contribution in [0.15, 0.2) is 42.6 Å². The highest BCUT2D eigenvalue weighted by Crippen LogP contribution is 2.24. The molecule has 0 radical (unpaired) electrons. The van der Waals surface area contributed by atoms with Crippen molar-refractivity contribution >= 4 is 5.82 Å². The van der Waals surface area contributed by atoms with Crippen molar-refractivity contribution in [1.29, 1.82) is 5.26 Å². The van der Waals surface area contributed by atoms with E-state index in [1.807, 2.05) is 0 Å². The topological polar surface area (TPSA) is 48.7 Å². The number of benzene rings is 1. The number of nitrogens with one attached hydrogen (secondary N) is 1. The number of hydrogen-bond donors (Lipinski definition) is 1. The third-order valence-electron chi connectivity index (χ3n) is 3.32. The normalized spacial score (nSPS) is 13.9. The molecule has 1 aromatic heterocycles. The lowest BCUT2D eigenvalue weighted by Crippen LogP contribution is -2.20. The number of rotatable bonds is 2. The average molecular weight is 235 g/mol. The lowest BCUT2D eigenvalue weighted by molar-refractivity contribution is 0.768. The summed E-state index contributed by atoms with van der Waals surface area (Å²) in [4.78, 5) is 4.24. The van der Waals surface area contributed by atoms with E-state index in [-0.39, 0.29) is 0 Å². The molecule has 2 aromatic rings. The third kappa shape index (κ3) is 1.93. The molecular weight excluding hydrogens is 222 g/mol. The van der Waals surface area contributed by atoms with Gasteiger partial charge in [0.05, 0.1) is 5.56 Å². The van der Waals surface area contributed by atoms with Crippen molar-refractivity contribution < 1.29 is 0 Å². The SMILES string of the molecule is N#Cc1cccnc1NC1Cc2ccccc2C1. The van der Waals surface area contributed by atoms with Gasteiger partial charge in [-0.3, -0.25) is 0 Å². The number of nitrogens with zero attached hydrogens (tertiary/aromatic N) is 2. The van der Waals surface area contributed by atoms with Crippen molar-refractivity contribution in [2.45, 2.75) is 18.9 Å². The van der Waals surface area contributed by atoms with E-state index >= 15 is 0 Å². The molecule has 0 saturated heterocycles. The van der Waals surface area contributed by atoms with Crippen molar-refractivity contribution in [1.82, 2.24) is 4.98 Å². The van der Waals surface area contributed by atoms with Crippen molar-refractivity contribution in [2.24, 2.45) is 0 Å². The van der Waals surface area contributed by atoms with E-state index in [0.717, 1.165) is 12.8 Å². The number of anilines is 1. The molecule has 1 aromatic carbocycles. The van der Waals surface area contributed by atoms with Gasteiger partial charge >= 0.3 is 0 Å². The van der Waals surface area contributed by atoms with Crippen molar-refractivity contribution in [2.75, 3.05) is 5.32 Å². The van der Waals surface area contributed by atoms with Gasteiger partial charge in [0.25, 0.3) is 0 Å². The van der Waals surface area contributed by atoms with E-state index in [2.05, 4.69) is 40.6 Å². The van der Waals surface area contributed by atoms with Crippen LogP contribution in [0.25, 0.3) is 0 Å². The number of hydrogen-bond acceptors (Lipinski definition) is 3. The Bertz CT molecular complexity index is 588. The van der Waals surface area contributed by atoms with Crippen LogP contribution in [-0.4, -0.2) is 11.0 Å². The summed E-state index contributed by atoms with van der Waals surface area (Å²) < 4.78 is 0. The molecule has 0 unspecified atom stereocenters. The second-order valence-corrected chi connectivity index (χ2v) is 4.53. The van der Waals surface area contributed by atoms with Crippen LogP contribution < -0.4 is 5.32 Å². The van der Waals surface area contributed by atoms with Crippen LogP contribution in [0.5, 0.6) is 0 Å². The van der Waals surface area contributed by atoms with Crippen LogP contribution in [-0.2, 0) is 12.8 Å². The van der Waals surface area contributed by atoms with Crippen LogP contribution in [0.4, 0.5) is 5.82 Å². The van der Waals surface area contributed by atoms with E-state index in [0.29, 0.717) is 17.4 Å². The first-order valence-electron chi connectivity index (χ1n) is 6.05. The molecule has 0 amide bonds. The molecule has 0 spiro atoms. The fourth-order valence-corrected chi connectivity index (χ4v) is 2.46. The lowest BCUT2D eigenvalue weighted by atomic mass is 10.1.